The second-order valence-electron chi connectivity index (χ2n) is 6.21. The minimum Gasteiger partial charge on any atom is -0.319 e. The number of aromatic nitrogens is 1. The number of urea groups is 1. The highest BCUT2D eigenvalue weighted by atomic mass is 19.4. The summed E-state index contributed by atoms with van der Waals surface area (Å²) in [5.41, 5.74) is -0.774. The van der Waals surface area contributed by atoms with Gasteiger partial charge in [0.2, 0.25) is 0 Å². The number of alkyl halides is 3. The highest BCUT2D eigenvalue weighted by Gasteiger charge is 2.34. The highest BCUT2D eigenvalue weighted by molar-refractivity contribution is 5.89. The highest BCUT2D eigenvalue weighted by Crippen LogP contribution is 2.33. The number of rotatable bonds is 6. The van der Waals surface area contributed by atoms with Crippen LogP contribution in [-0.2, 0) is 12.7 Å². The van der Waals surface area contributed by atoms with E-state index in [0.29, 0.717) is 25.2 Å². The molecule has 2 aromatic rings. The van der Waals surface area contributed by atoms with Gasteiger partial charge in [-0.3, -0.25) is 4.98 Å². The molecule has 0 saturated carbocycles. The summed E-state index contributed by atoms with van der Waals surface area (Å²) in [6, 6.07) is 5.30. The number of hydrogen-bond donors (Lipinski definition) is 1. The van der Waals surface area contributed by atoms with Gasteiger partial charge < -0.3 is 15.1 Å². The van der Waals surface area contributed by atoms with Crippen molar-refractivity contribution in [1.29, 1.82) is 0 Å². The second-order valence-corrected chi connectivity index (χ2v) is 6.21. The predicted octanol–water partition coefficient (Wildman–Crippen LogP) is 3.84. The van der Waals surface area contributed by atoms with Crippen LogP contribution in [-0.4, -0.2) is 48.0 Å². The molecule has 0 saturated heterocycles. The lowest BCUT2D eigenvalue weighted by Crippen LogP contribution is -2.39. The van der Waals surface area contributed by atoms with E-state index in [4.69, 9.17) is 0 Å². The van der Waals surface area contributed by atoms with Gasteiger partial charge in [-0.05, 0) is 43.9 Å². The fourth-order valence-electron chi connectivity index (χ4n) is 2.31. The Morgan fingerprint density at radius 1 is 1.19 bits per heavy atom. The molecule has 27 heavy (non-hydrogen) atoms. The van der Waals surface area contributed by atoms with Gasteiger partial charge in [-0.25, -0.2) is 9.18 Å². The molecule has 1 aromatic carbocycles. The fourth-order valence-corrected chi connectivity index (χ4v) is 2.31. The maximum Gasteiger partial charge on any atom is 0.419 e. The molecule has 5 nitrogen and oxygen atoms in total. The molecule has 0 unspecified atom stereocenters. The van der Waals surface area contributed by atoms with E-state index in [-0.39, 0.29) is 12.2 Å². The minimum absolute atomic E-state index is 0.130. The Morgan fingerprint density at radius 3 is 2.52 bits per heavy atom. The molecule has 9 heteroatoms. The number of carbonyl (C=O) groups excluding carboxylic acids is 1. The number of likely N-dealkylation sites (N-methyl/N-ethyl adjacent to an activating group) is 1. The van der Waals surface area contributed by atoms with E-state index in [9.17, 15) is 22.4 Å². The maximum atomic E-state index is 13.4. The fraction of sp³-hybridized carbons (Fsp3) is 0.333. The SMILES string of the molecule is CN(C)CCN(Cc1cccnc1)C(=O)Nc1ccc(F)c(C(F)(F)F)c1. The molecule has 1 N–H and O–H groups in total. The minimum atomic E-state index is -4.84. The van der Waals surface area contributed by atoms with E-state index >= 15 is 0 Å². The van der Waals surface area contributed by atoms with Gasteiger partial charge in [0.05, 0.1) is 5.56 Å². The first-order valence-electron chi connectivity index (χ1n) is 8.13. The third-order valence-electron chi connectivity index (χ3n) is 3.72. The second kappa shape index (κ2) is 8.81. The molecule has 0 radical (unpaired) electrons. The monoisotopic (exact) mass is 384 g/mol. The molecule has 0 fully saturated rings. The number of carbonyl (C=O) groups is 1. The molecule has 0 aliphatic carbocycles. The van der Waals surface area contributed by atoms with Crippen molar-refractivity contribution in [1.82, 2.24) is 14.8 Å². The Balaban J connectivity index is 2.17. The van der Waals surface area contributed by atoms with Crippen LogP contribution in [0.2, 0.25) is 0 Å². The zero-order valence-corrected chi connectivity index (χ0v) is 14.9. The molecule has 1 aromatic heterocycles. The van der Waals surface area contributed by atoms with E-state index < -0.39 is 23.6 Å². The lowest BCUT2D eigenvalue weighted by Gasteiger charge is -2.25. The molecular formula is C18H20F4N4O. The zero-order valence-electron chi connectivity index (χ0n) is 14.9. The molecule has 0 atom stereocenters. The lowest BCUT2D eigenvalue weighted by atomic mass is 10.2. The van der Waals surface area contributed by atoms with Crippen LogP contribution >= 0.6 is 0 Å². The van der Waals surface area contributed by atoms with Crippen LogP contribution in [0.3, 0.4) is 0 Å². The molecule has 0 aliphatic heterocycles. The summed E-state index contributed by atoms with van der Waals surface area (Å²) in [6.07, 6.45) is -1.63. The van der Waals surface area contributed by atoms with Crippen molar-refractivity contribution in [3.63, 3.8) is 0 Å². The van der Waals surface area contributed by atoms with Gasteiger partial charge in [0.25, 0.3) is 0 Å². The molecule has 146 valence electrons. The molecule has 1 heterocycles. The summed E-state index contributed by atoms with van der Waals surface area (Å²) < 4.78 is 51.9. The van der Waals surface area contributed by atoms with Crippen LogP contribution in [0, 0.1) is 5.82 Å². The number of nitrogens with one attached hydrogen (secondary N) is 1. The summed E-state index contributed by atoms with van der Waals surface area (Å²) in [6.45, 7) is 1.15. The summed E-state index contributed by atoms with van der Waals surface area (Å²) in [4.78, 5) is 19.9. The van der Waals surface area contributed by atoms with Crippen LogP contribution in [0.15, 0.2) is 42.7 Å². The third kappa shape index (κ3) is 6.21. The van der Waals surface area contributed by atoms with E-state index in [1.54, 1.807) is 24.5 Å². The van der Waals surface area contributed by atoms with E-state index in [1.165, 1.54) is 4.90 Å². The molecule has 0 bridgehead atoms. The molecule has 2 amide bonds. The van der Waals surface area contributed by atoms with Crippen LogP contribution in [0.1, 0.15) is 11.1 Å². The quantitative estimate of drug-likeness (QED) is 0.770. The van der Waals surface area contributed by atoms with E-state index in [2.05, 4.69) is 10.3 Å². The summed E-state index contributed by atoms with van der Waals surface area (Å²) in [5, 5.41) is 2.41. The molecular weight excluding hydrogens is 364 g/mol. The first-order chi connectivity index (χ1) is 12.7. The number of nitrogens with zero attached hydrogens (tertiary/aromatic N) is 3. The van der Waals surface area contributed by atoms with Crippen molar-refractivity contribution in [3.8, 4) is 0 Å². The van der Waals surface area contributed by atoms with Gasteiger partial charge in [-0.2, -0.15) is 13.2 Å². The van der Waals surface area contributed by atoms with Gasteiger partial charge in [-0.15, -0.1) is 0 Å². The van der Waals surface area contributed by atoms with E-state index in [1.807, 2.05) is 19.0 Å². The number of hydrogen-bond acceptors (Lipinski definition) is 3. The average Bonchev–Trinajstić information content (AvgIpc) is 2.60. The topological polar surface area (TPSA) is 48.5 Å². The van der Waals surface area contributed by atoms with Crippen molar-refractivity contribution in [2.75, 3.05) is 32.5 Å². The van der Waals surface area contributed by atoms with Crippen LogP contribution in [0.5, 0.6) is 0 Å². The van der Waals surface area contributed by atoms with Gasteiger partial charge in [0.15, 0.2) is 0 Å². The number of benzene rings is 1. The number of pyridine rings is 1. The number of amides is 2. The van der Waals surface area contributed by atoms with Crippen LogP contribution in [0.4, 0.5) is 28.0 Å². The largest absolute Gasteiger partial charge is 0.419 e. The van der Waals surface area contributed by atoms with Crippen LogP contribution in [0.25, 0.3) is 0 Å². The summed E-state index contributed by atoms with van der Waals surface area (Å²) >= 11 is 0. The van der Waals surface area contributed by atoms with E-state index in [0.717, 1.165) is 11.6 Å². The maximum absolute atomic E-state index is 13.4. The normalized spacial score (nSPS) is 11.5. The Labute approximate surface area is 154 Å². The van der Waals surface area contributed by atoms with Crippen molar-refractivity contribution in [2.24, 2.45) is 0 Å². The van der Waals surface area contributed by atoms with Crippen molar-refractivity contribution >= 4 is 11.7 Å². The molecule has 0 spiro atoms. The van der Waals surface area contributed by atoms with Gasteiger partial charge in [0, 0.05) is 37.7 Å². The Morgan fingerprint density at radius 2 is 1.93 bits per heavy atom. The Kier molecular flexibility index (Phi) is 6.73. The summed E-state index contributed by atoms with van der Waals surface area (Å²) in [7, 11) is 3.69. The first-order valence-corrected chi connectivity index (χ1v) is 8.13. The predicted molar refractivity (Wildman–Crippen MR) is 93.6 cm³/mol. The number of anilines is 1. The number of halogens is 4. The van der Waals surface area contributed by atoms with Crippen LogP contribution < -0.4 is 5.32 Å². The van der Waals surface area contributed by atoms with Crippen molar-refractivity contribution < 1.29 is 22.4 Å². The smallest absolute Gasteiger partial charge is 0.319 e. The summed E-state index contributed by atoms with van der Waals surface area (Å²) in [5.74, 6) is -1.39. The molecule has 0 aliphatic rings. The Bertz CT molecular complexity index is 766. The zero-order chi connectivity index (χ0) is 20.0. The van der Waals surface area contributed by atoms with Crippen molar-refractivity contribution in [2.45, 2.75) is 12.7 Å². The molecule has 2 rings (SSSR count). The third-order valence-corrected chi connectivity index (χ3v) is 3.72. The Hall–Kier alpha value is -2.68. The van der Waals surface area contributed by atoms with Gasteiger partial charge >= 0.3 is 12.2 Å². The average molecular weight is 384 g/mol. The van der Waals surface area contributed by atoms with Gasteiger partial charge in [0.1, 0.15) is 5.82 Å². The van der Waals surface area contributed by atoms with Crippen molar-refractivity contribution in [3.05, 3.63) is 59.7 Å². The standard InChI is InChI=1S/C18H20F4N4O/c1-25(2)8-9-26(12-13-4-3-7-23-11-13)17(27)24-14-5-6-16(19)15(10-14)18(20,21)22/h3-7,10-11H,8-9,12H2,1-2H3,(H,24,27). The van der Waals surface area contributed by atoms with Gasteiger partial charge in [-0.1, -0.05) is 6.07 Å². The lowest BCUT2D eigenvalue weighted by molar-refractivity contribution is -0.139. The first kappa shape index (κ1) is 20.6.